The average Bonchev–Trinajstić information content (AvgIpc) is 3.32. The number of nitrogens with zero attached hydrogens (tertiary/aromatic N) is 4. The molecule has 1 aliphatic carbocycles. The van der Waals surface area contributed by atoms with Gasteiger partial charge in [-0.25, -0.2) is 9.67 Å². The van der Waals surface area contributed by atoms with Crippen molar-refractivity contribution < 1.29 is 4.74 Å². The number of rotatable bonds is 6. The first kappa shape index (κ1) is 21.2. The monoisotopic (exact) mass is 462 g/mol. The van der Waals surface area contributed by atoms with Crippen LogP contribution in [0.1, 0.15) is 29.5 Å². The summed E-state index contributed by atoms with van der Waals surface area (Å²) in [6.45, 7) is 0.560. The van der Waals surface area contributed by atoms with E-state index in [1.807, 2.05) is 53.3 Å². The van der Waals surface area contributed by atoms with Gasteiger partial charge in [-0.05, 0) is 78.8 Å². The highest BCUT2D eigenvalue weighted by molar-refractivity contribution is 5.77. The number of nitrogens with two attached hydrogens (primary N) is 1. The molecular formula is C28H26N6O. The first-order chi connectivity index (χ1) is 17.2. The molecule has 35 heavy (non-hydrogen) atoms. The van der Waals surface area contributed by atoms with E-state index >= 15 is 0 Å². The third-order valence-electron chi connectivity index (χ3n) is 6.41. The third kappa shape index (κ3) is 4.28. The number of benzene rings is 3. The average molecular weight is 463 g/mol. The molecule has 7 heteroatoms. The van der Waals surface area contributed by atoms with E-state index < -0.39 is 0 Å². The summed E-state index contributed by atoms with van der Waals surface area (Å²) in [4.78, 5) is 9.25. The molecule has 0 radical (unpaired) electrons. The molecule has 0 saturated heterocycles. The molecule has 0 spiro atoms. The SMILES string of the molecule is Nc1ccc(Nc2ncc3cnn(-c4ccc(OCc5ccccc5)c5c4CCCC5)c3n2)cc1. The summed E-state index contributed by atoms with van der Waals surface area (Å²) in [5, 5.41) is 8.83. The number of hydrogen-bond acceptors (Lipinski definition) is 6. The van der Waals surface area contributed by atoms with Gasteiger partial charge in [0.2, 0.25) is 5.95 Å². The van der Waals surface area contributed by atoms with Crippen molar-refractivity contribution in [2.75, 3.05) is 11.1 Å². The maximum atomic E-state index is 6.27. The van der Waals surface area contributed by atoms with Crippen LogP contribution in [-0.2, 0) is 19.4 Å². The van der Waals surface area contributed by atoms with E-state index in [1.54, 1.807) is 6.20 Å². The molecule has 0 amide bonds. The Bertz CT molecular complexity index is 1480. The molecule has 7 nitrogen and oxygen atoms in total. The lowest BCUT2D eigenvalue weighted by Gasteiger charge is -2.23. The zero-order valence-corrected chi connectivity index (χ0v) is 19.3. The van der Waals surface area contributed by atoms with Crippen molar-refractivity contribution in [1.29, 1.82) is 0 Å². The number of aromatic nitrogens is 4. The summed E-state index contributed by atoms with van der Waals surface area (Å²) in [5.74, 6) is 1.48. The van der Waals surface area contributed by atoms with Gasteiger partial charge in [0.05, 0.1) is 17.3 Å². The Kier molecular flexibility index (Phi) is 5.50. The van der Waals surface area contributed by atoms with Crippen molar-refractivity contribution in [2.24, 2.45) is 0 Å². The van der Waals surface area contributed by atoms with Crippen LogP contribution in [-0.4, -0.2) is 19.7 Å². The van der Waals surface area contributed by atoms with Crippen LogP contribution in [0.5, 0.6) is 5.75 Å². The molecule has 3 aromatic carbocycles. The van der Waals surface area contributed by atoms with E-state index in [1.165, 1.54) is 11.1 Å². The third-order valence-corrected chi connectivity index (χ3v) is 6.41. The van der Waals surface area contributed by atoms with E-state index in [4.69, 9.17) is 15.5 Å². The summed E-state index contributed by atoms with van der Waals surface area (Å²) < 4.78 is 8.20. The maximum absolute atomic E-state index is 6.27. The summed E-state index contributed by atoms with van der Waals surface area (Å²) in [5.41, 5.74) is 12.9. The lowest BCUT2D eigenvalue weighted by molar-refractivity contribution is 0.301. The van der Waals surface area contributed by atoms with Crippen LogP contribution in [0.4, 0.5) is 17.3 Å². The Balaban J connectivity index is 1.35. The molecule has 1 aliphatic rings. The van der Waals surface area contributed by atoms with Gasteiger partial charge >= 0.3 is 0 Å². The van der Waals surface area contributed by atoms with E-state index in [2.05, 4.69) is 39.7 Å². The molecule has 2 heterocycles. The fraction of sp³-hybridized carbons (Fsp3) is 0.179. The van der Waals surface area contributed by atoms with Gasteiger partial charge in [0.25, 0.3) is 0 Å². The van der Waals surface area contributed by atoms with Crippen LogP contribution in [0, 0.1) is 0 Å². The van der Waals surface area contributed by atoms with Gasteiger partial charge in [0.1, 0.15) is 12.4 Å². The molecule has 0 bridgehead atoms. The zero-order chi connectivity index (χ0) is 23.6. The van der Waals surface area contributed by atoms with Gasteiger partial charge in [-0.1, -0.05) is 30.3 Å². The van der Waals surface area contributed by atoms with Crippen LogP contribution in [0.25, 0.3) is 16.7 Å². The summed E-state index contributed by atoms with van der Waals surface area (Å²) in [6, 6.07) is 22.0. The lowest BCUT2D eigenvalue weighted by Crippen LogP contribution is -2.12. The van der Waals surface area contributed by atoms with Crippen molar-refractivity contribution >= 4 is 28.4 Å². The second-order valence-electron chi connectivity index (χ2n) is 8.80. The molecule has 6 rings (SSSR count). The largest absolute Gasteiger partial charge is 0.489 e. The quantitative estimate of drug-likeness (QED) is 0.319. The number of nitrogen functional groups attached to an aromatic ring is 1. The fourth-order valence-electron chi connectivity index (χ4n) is 4.63. The van der Waals surface area contributed by atoms with Gasteiger partial charge in [-0.3, -0.25) is 0 Å². The molecule has 0 atom stereocenters. The highest BCUT2D eigenvalue weighted by Crippen LogP contribution is 2.35. The standard InChI is InChI=1S/C28H26N6O/c29-21-10-12-22(13-11-21)32-28-30-16-20-17-31-34(27(20)33-28)25-14-15-26(24-9-5-4-8-23(24)25)35-18-19-6-2-1-3-7-19/h1-3,6-7,10-17H,4-5,8-9,18,29H2,(H,30,32,33). The van der Waals surface area contributed by atoms with E-state index in [-0.39, 0.29) is 0 Å². The number of ether oxygens (including phenoxy) is 1. The van der Waals surface area contributed by atoms with Crippen LogP contribution < -0.4 is 15.8 Å². The van der Waals surface area contributed by atoms with Crippen LogP contribution >= 0.6 is 0 Å². The minimum Gasteiger partial charge on any atom is -0.489 e. The van der Waals surface area contributed by atoms with Crippen LogP contribution in [0.3, 0.4) is 0 Å². The minimum atomic E-state index is 0.515. The topological polar surface area (TPSA) is 90.9 Å². The number of hydrogen-bond donors (Lipinski definition) is 2. The van der Waals surface area contributed by atoms with Crippen molar-refractivity contribution in [3.8, 4) is 11.4 Å². The van der Waals surface area contributed by atoms with Crippen molar-refractivity contribution in [1.82, 2.24) is 19.7 Å². The first-order valence-electron chi connectivity index (χ1n) is 11.9. The van der Waals surface area contributed by atoms with Crippen LogP contribution in [0.2, 0.25) is 0 Å². The van der Waals surface area contributed by atoms with E-state index in [0.29, 0.717) is 18.2 Å². The summed E-state index contributed by atoms with van der Waals surface area (Å²) in [6.07, 6.45) is 7.93. The van der Waals surface area contributed by atoms with Gasteiger partial charge < -0.3 is 15.8 Å². The minimum absolute atomic E-state index is 0.515. The predicted octanol–water partition coefficient (Wildman–Crippen LogP) is 5.60. The Morgan fingerprint density at radius 2 is 1.69 bits per heavy atom. The Labute approximate surface area is 203 Å². The van der Waals surface area contributed by atoms with Crippen molar-refractivity contribution in [3.05, 3.63) is 95.8 Å². The molecule has 0 unspecified atom stereocenters. The van der Waals surface area contributed by atoms with Gasteiger partial charge in [-0.2, -0.15) is 10.1 Å². The summed E-state index contributed by atoms with van der Waals surface area (Å²) in [7, 11) is 0. The second-order valence-corrected chi connectivity index (χ2v) is 8.80. The first-order valence-corrected chi connectivity index (χ1v) is 11.9. The summed E-state index contributed by atoms with van der Waals surface area (Å²) >= 11 is 0. The van der Waals surface area contributed by atoms with Gasteiger partial charge in [0.15, 0.2) is 5.65 Å². The molecule has 3 N–H and O–H groups in total. The second kappa shape index (κ2) is 9.10. The zero-order valence-electron chi connectivity index (χ0n) is 19.3. The van der Waals surface area contributed by atoms with Crippen molar-refractivity contribution in [3.63, 3.8) is 0 Å². The fourth-order valence-corrected chi connectivity index (χ4v) is 4.63. The molecule has 5 aromatic rings. The molecule has 0 aliphatic heterocycles. The molecular weight excluding hydrogens is 436 g/mol. The lowest BCUT2D eigenvalue weighted by atomic mass is 9.89. The normalized spacial score (nSPS) is 12.9. The Hall–Kier alpha value is -4.39. The number of anilines is 3. The van der Waals surface area contributed by atoms with Crippen molar-refractivity contribution in [2.45, 2.75) is 32.3 Å². The predicted molar refractivity (Wildman–Crippen MR) is 138 cm³/mol. The maximum Gasteiger partial charge on any atom is 0.229 e. The number of nitrogens with one attached hydrogen (secondary N) is 1. The van der Waals surface area contributed by atoms with E-state index in [9.17, 15) is 0 Å². The molecule has 0 fully saturated rings. The van der Waals surface area contributed by atoms with E-state index in [0.717, 1.165) is 59.4 Å². The Morgan fingerprint density at radius 1 is 0.886 bits per heavy atom. The van der Waals surface area contributed by atoms with Gasteiger partial charge in [-0.15, -0.1) is 0 Å². The van der Waals surface area contributed by atoms with Gasteiger partial charge in [0, 0.05) is 17.6 Å². The Morgan fingerprint density at radius 3 is 2.51 bits per heavy atom. The highest BCUT2D eigenvalue weighted by Gasteiger charge is 2.21. The smallest absolute Gasteiger partial charge is 0.229 e. The van der Waals surface area contributed by atoms with Crippen LogP contribution in [0.15, 0.2) is 79.1 Å². The molecule has 0 saturated carbocycles. The molecule has 174 valence electrons. The number of fused-ring (bicyclic) bond motifs is 2. The molecule has 2 aromatic heterocycles. The highest BCUT2D eigenvalue weighted by atomic mass is 16.5.